The number of sulfonamides is 1. The summed E-state index contributed by atoms with van der Waals surface area (Å²) in [5.74, 6) is -0.185. The number of benzene rings is 2. The van der Waals surface area contributed by atoms with Crippen molar-refractivity contribution in [1.82, 2.24) is 8.87 Å². The van der Waals surface area contributed by atoms with Gasteiger partial charge in [-0.3, -0.25) is 4.79 Å². The molecular weight excluding hydrogens is 398 g/mol. The van der Waals surface area contributed by atoms with E-state index in [0.717, 1.165) is 41.4 Å². The topological polar surface area (TPSA) is 71.4 Å². The molecular formula is C23H27N3O3S. The minimum absolute atomic E-state index is 0.169. The molecule has 0 spiro atoms. The third-order valence-corrected chi connectivity index (χ3v) is 7.65. The Morgan fingerprint density at radius 3 is 2.50 bits per heavy atom. The van der Waals surface area contributed by atoms with E-state index in [2.05, 4.69) is 11.4 Å². The maximum Gasteiger partial charge on any atom is 0.244 e. The number of carbonyl (C=O) groups excluding carboxylic acids is 1. The third kappa shape index (κ3) is 4.00. The SMILES string of the molecule is Cc1ccc(S(=O)(=O)N2CCCCC2)cc1NC(=O)Cn1c(C)cc2ccccc21. The molecule has 1 aromatic heterocycles. The normalized spacial score (nSPS) is 15.4. The molecule has 2 aromatic carbocycles. The van der Waals surface area contributed by atoms with E-state index < -0.39 is 10.0 Å². The number of piperidine rings is 1. The summed E-state index contributed by atoms with van der Waals surface area (Å²) in [6, 6.07) is 15.0. The summed E-state index contributed by atoms with van der Waals surface area (Å²) in [6.45, 7) is 5.12. The summed E-state index contributed by atoms with van der Waals surface area (Å²) in [6.07, 6.45) is 2.84. The van der Waals surface area contributed by atoms with Gasteiger partial charge >= 0.3 is 0 Å². The number of hydrogen-bond donors (Lipinski definition) is 1. The average molecular weight is 426 g/mol. The second-order valence-corrected chi connectivity index (χ2v) is 9.86. The molecule has 0 atom stereocenters. The molecule has 30 heavy (non-hydrogen) atoms. The molecule has 1 aliphatic rings. The van der Waals surface area contributed by atoms with Crippen LogP contribution in [0.15, 0.2) is 53.4 Å². The fourth-order valence-electron chi connectivity index (χ4n) is 4.04. The molecule has 0 radical (unpaired) electrons. The van der Waals surface area contributed by atoms with Crippen molar-refractivity contribution in [3.63, 3.8) is 0 Å². The van der Waals surface area contributed by atoms with Gasteiger partial charge in [-0.2, -0.15) is 4.31 Å². The minimum Gasteiger partial charge on any atom is -0.335 e. The Kier molecular flexibility index (Phi) is 5.66. The van der Waals surface area contributed by atoms with Crippen LogP contribution in [0.25, 0.3) is 10.9 Å². The molecule has 158 valence electrons. The van der Waals surface area contributed by atoms with E-state index in [1.807, 2.05) is 42.7 Å². The zero-order valence-electron chi connectivity index (χ0n) is 17.4. The lowest BCUT2D eigenvalue weighted by molar-refractivity contribution is -0.116. The highest BCUT2D eigenvalue weighted by molar-refractivity contribution is 7.89. The van der Waals surface area contributed by atoms with Crippen molar-refractivity contribution in [2.75, 3.05) is 18.4 Å². The Morgan fingerprint density at radius 2 is 1.73 bits per heavy atom. The lowest BCUT2D eigenvalue weighted by atomic mass is 10.2. The second-order valence-electron chi connectivity index (χ2n) is 7.92. The van der Waals surface area contributed by atoms with E-state index in [9.17, 15) is 13.2 Å². The van der Waals surface area contributed by atoms with Gasteiger partial charge in [0.2, 0.25) is 15.9 Å². The Hall–Kier alpha value is -2.64. The number of anilines is 1. The van der Waals surface area contributed by atoms with Gasteiger partial charge in [0.1, 0.15) is 6.54 Å². The lowest BCUT2D eigenvalue weighted by Crippen LogP contribution is -2.35. The first-order valence-corrected chi connectivity index (χ1v) is 11.8. The molecule has 1 aliphatic heterocycles. The number of carbonyl (C=O) groups is 1. The molecule has 4 rings (SSSR count). The number of fused-ring (bicyclic) bond motifs is 1. The van der Waals surface area contributed by atoms with Gasteiger partial charge in [-0.25, -0.2) is 8.42 Å². The summed E-state index contributed by atoms with van der Waals surface area (Å²) in [5, 5.41) is 4.00. The van der Waals surface area contributed by atoms with E-state index in [-0.39, 0.29) is 17.3 Å². The molecule has 7 heteroatoms. The monoisotopic (exact) mass is 425 g/mol. The van der Waals surface area contributed by atoms with Gasteiger partial charge in [0.15, 0.2) is 0 Å². The van der Waals surface area contributed by atoms with E-state index in [1.165, 1.54) is 0 Å². The Morgan fingerprint density at radius 1 is 1.00 bits per heavy atom. The predicted octanol–water partition coefficient (Wildman–Crippen LogP) is 4.07. The van der Waals surface area contributed by atoms with Crippen LogP contribution in [0, 0.1) is 13.8 Å². The van der Waals surface area contributed by atoms with Crippen LogP contribution in [-0.4, -0.2) is 36.3 Å². The fourth-order valence-corrected chi connectivity index (χ4v) is 5.59. The number of hydrogen-bond acceptors (Lipinski definition) is 3. The molecule has 2 heterocycles. The van der Waals surface area contributed by atoms with Crippen LogP contribution in [0.3, 0.4) is 0 Å². The van der Waals surface area contributed by atoms with E-state index in [4.69, 9.17) is 0 Å². The van der Waals surface area contributed by atoms with Gasteiger partial charge in [-0.05, 0) is 61.9 Å². The number of amides is 1. The highest BCUT2D eigenvalue weighted by atomic mass is 32.2. The Bertz CT molecular complexity index is 1190. The molecule has 0 saturated carbocycles. The van der Waals surface area contributed by atoms with Crippen molar-refractivity contribution in [3.05, 3.63) is 59.8 Å². The average Bonchev–Trinajstić information content (AvgIpc) is 3.05. The third-order valence-electron chi connectivity index (χ3n) is 5.76. The van der Waals surface area contributed by atoms with E-state index in [0.29, 0.717) is 18.8 Å². The number of para-hydroxylation sites is 1. The summed E-state index contributed by atoms with van der Waals surface area (Å²) < 4.78 is 29.5. The number of aryl methyl sites for hydroxylation is 2. The molecule has 1 amide bonds. The van der Waals surface area contributed by atoms with Crippen LogP contribution >= 0.6 is 0 Å². The summed E-state index contributed by atoms with van der Waals surface area (Å²) in [7, 11) is -3.55. The first-order chi connectivity index (χ1) is 14.4. The first-order valence-electron chi connectivity index (χ1n) is 10.3. The molecule has 0 aliphatic carbocycles. The fraction of sp³-hybridized carbons (Fsp3) is 0.348. The van der Waals surface area contributed by atoms with Crippen LogP contribution in [-0.2, 0) is 21.4 Å². The van der Waals surface area contributed by atoms with Crippen LogP contribution in [0.1, 0.15) is 30.5 Å². The van der Waals surface area contributed by atoms with Gasteiger partial charge in [-0.15, -0.1) is 0 Å². The zero-order chi connectivity index (χ0) is 21.3. The van der Waals surface area contributed by atoms with Crippen molar-refractivity contribution >= 4 is 32.5 Å². The first kappa shape index (κ1) is 20.6. The minimum atomic E-state index is -3.55. The number of aromatic nitrogens is 1. The van der Waals surface area contributed by atoms with Crippen LogP contribution in [0.2, 0.25) is 0 Å². The predicted molar refractivity (Wildman–Crippen MR) is 119 cm³/mol. The van der Waals surface area contributed by atoms with Crippen molar-refractivity contribution in [3.8, 4) is 0 Å². The molecule has 1 fully saturated rings. The molecule has 6 nitrogen and oxygen atoms in total. The van der Waals surface area contributed by atoms with E-state index >= 15 is 0 Å². The summed E-state index contributed by atoms with van der Waals surface area (Å²) >= 11 is 0. The highest BCUT2D eigenvalue weighted by Crippen LogP contribution is 2.25. The van der Waals surface area contributed by atoms with Gasteiger partial charge < -0.3 is 9.88 Å². The molecule has 1 N–H and O–H groups in total. The van der Waals surface area contributed by atoms with Gasteiger partial charge in [0.05, 0.1) is 4.90 Å². The van der Waals surface area contributed by atoms with Crippen LogP contribution < -0.4 is 5.32 Å². The maximum atomic E-state index is 13.0. The standard InChI is InChI=1S/C23H27N3O3S/c1-17-10-11-20(30(28,29)25-12-6-3-7-13-25)15-21(17)24-23(27)16-26-18(2)14-19-8-4-5-9-22(19)26/h4-5,8-11,14-15H,3,6-7,12-13,16H2,1-2H3,(H,24,27). The van der Waals surface area contributed by atoms with Gasteiger partial charge in [0.25, 0.3) is 0 Å². The second kappa shape index (κ2) is 8.24. The van der Waals surface area contributed by atoms with Gasteiger partial charge in [0, 0.05) is 30.0 Å². The maximum absolute atomic E-state index is 13.0. The Labute approximate surface area is 177 Å². The van der Waals surface area contributed by atoms with Crippen molar-refractivity contribution in [1.29, 1.82) is 0 Å². The number of rotatable bonds is 5. The van der Waals surface area contributed by atoms with Crippen LogP contribution in [0.4, 0.5) is 5.69 Å². The smallest absolute Gasteiger partial charge is 0.244 e. The molecule has 0 unspecified atom stereocenters. The lowest BCUT2D eigenvalue weighted by Gasteiger charge is -2.26. The summed E-state index contributed by atoms with van der Waals surface area (Å²) in [4.78, 5) is 13.0. The molecule has 3 aromatic rings. The van der Waals surface area contributed by atoms with Crippen molar-refractivity contribution in [2.45, 2.75) is 44.6 Å². The molecule has 0 bridgehead atoms. The highest BCUT2D eigenvalue weighted by Gasteiger charge is 2.26. The van der Waals surface area contributed by atoms with E-state index in [1.54, 1.807) is 22.5 Å². The van der Waals surface area contributed by atoms with Crippen molar-refractivity contribution in [2.24, 2.45) is 0 Å². The largest absolute Gasteiger partial charge is 0.335 e. The quantitative estimate of drug-likeness (QED) is 0.670. The zero-order valence-corrected chi connectivity index (χ0v) is 18.2. The Balaban J connectivity index is 1.56. The summed E-state index contributed by atoms with van der Waals surface area (Å²) in [5.41, 5.74) is 3.37. The van der Waals surface area contributed by atoms with Gasteiger partial charge in [-0.1, -0.05) is 30.7 Å². The molecule has 1 saturated heterocycles. The van der Waals surface area contributed by atoms with Crippen LogP contribution in [0.5, 0.6) is 0 Å². The number of nitrogens with zero attached hydrogens (tertiary/aromatic N) is 2. The number of nitrogens with one attached hydrogen (secondary N) is 1. The van der Waals surface area contributed by atoms with Crippen molar-refractivity contribution < 1.29 is 13.2 Å².